The van der Waals surface area contributed by atoms with E-state index >= 15 is 0 Å². The Morgan fingerprint density at radius 2 is 1.73 bits per heavy atom. The van der Waals surface area contributed by atoms with Gasteiger partial charge in [-0.15, -0.1) is 10.2 Å². The van der Waals surface area contributed by atoms with Crippen LogP contribution in [0.3, 0.4) is 0 Å². The van der Waals surface area contributed by atoms with Gasteiger partial charge in [0.2, 0.25) is 5.88 Å². The molecule has 6 heteroatoms. The Hall–Kier alpha value is -1.40. The highest BCUT2D eigenvalue weighted by molar-refractivity contribution is 5.38. The second kappa shape index (κ2) is 14.5. The van der Waals surface area contributed by atoms with E-state index < -0.39 is 0 Å². The van der Waals surface area contributed by atoms with Crippen LogP contribution in [0.2, 0.25) is 0 Å². The number of ether oxygens (including phenoxy) is 2. The zero-order valence-corrected chi connectivity index (χ0v) is 14.8. The van der Waals surface area contributed by atoms with E-state index in [2.05, 4.69) is 20.4 Å². The summed E-state index contributed by atoms with van der Waals surface area (Å²) in [6.07, 6.45) is 0. The van der Waals surface area contributed by atoms with Gasteiger partial charge in [-0.2, -0.15) is 0 Å². The lowest BCUT2D eigenvalue weighted by atomic mass is 10.3. The first-order valence-electron chi connectivity index (χ1n) is 8.40. The lowest BCUT2D eigenvalue weighted by Gasteiger charge is -2.27. The third-order valence-electron chi connectivity index (χ3n) is 2.75. The van der Waals surface area contributed by atoms with Crippen LogP contribution in [0.5, 0.6) is 5.88 Å². The maximum Gasteiger partial charge on any atom is 0.233 e. The minimum Gasteiger partial charge on any atom is -0.474 e. The number of nitrogens with one attached hydrogen (secondary N) is 1. The Morgan fingerprint density at radius 1 is 1.05 bits per heavy atom. The molecule has 1 aromatic heterocycles. The molecule has 0 aromatic carbocycles. The summed E-state index contributed by atoms with van der Waals surface area (Å²) in [6, 6.07) is 3.81. The molecule has 1 saturated heterocycles. The zero-order chi connectivity index (χ0) is 16.6. The lowest BCUT2D eigenvalue weighted by molar-refractivity contribution is 0.108. The predicted octanol–water partition coefficient (Wildman–Crippen LogP) is 2.35. The van der Waals surface area contributed by atoms with Crippen molar-refractivity contribution in [2.45, 2.75) is 34.6 Å². The molecule has 0 saturated carbocycles. The lowest BCUT2D eigenvalue weighted by Crippen LogP contribution is -2.43. The van der Waals surface area contributed by atoms with Crippen LogP contribution in [0.4, 0.5) is 5.82 Å². The van der Waals surface area contributed by atoms with Crippen molar-refractivity contribution in [1.82, 2.24) is 15.5 Å². The summed E-state index contributed by atoms with van der Waals surface area (Å²) in [7, 11) is 0. The third kappa shape index (κ3) is 8.14. The number of rotatable bonds is 6. The van der Waals surface area contributed by atoms with Crippen molar-refractivity contribution in [1.29, 1.82) is 0 Å². The van der Waals surface area contributed by atoms with E-state index in [1.54, 1.807) is 0 Å². The molecule has 6 nitrogen and oxygen atoms in total. The summed E-state index contributed by atoms with van der Waals surface area (Å²) in [5, 5.41) is 11.6. The second-order valence-corrected chi connectivity index (χ2v) is 4.01. The van der Waals surface area contributed by atoms with Crippen LogP contribution in [0.15, 0.2) is 12.1 Å². The molecule has 2 rings (SSSR count). The van der Waals surface area contributed by atoms with Gasteiger partial charge in [0.15, 0.2) is 5.82 Å². The molecule has 1 aliphatic rings. The largest absolute Gasteiger partial charge is 0.474 e. The number of hydrogen-bond acceptors (Lipinski definition) is 6. The Labute approximate surface area is 135 Å². The number of hydrogen-bond donors (Lipinski definition) is 1. The van der Waals surface area contributed by atoms with Crippen molar-refractivity contribution in [3.8, 4) is 5.88 Å². The van der Waals surface area contributed by atoms with Crippen LogP contribution in [0.1, 0.15) is 34.6 Å². The maximum absolute atomic E-state index is 5.42. The van der Waals surface area contributed by atoms with Crippen molar-refractivity contribution in [2.75, 3.05) is 50.9 Å². The number of aromatic nitrogens is 2. The molecular weight excluding hydrogens is 280 g/mol. The minimum atomic E-state index is 0.509. The first kappa shape index (κ1) is 20.6. The molecule has 0 amide bonds. The molecule has 22 heavy (non-hydrogen) atoms. The van der Waals surface area contributed by atoms with E-state index in [-0.39, 0.29) is 0 Å². The molecule has 128 valence electrons. The van der Waals surface area contributed by atoms with E-state index in [0.29, 0.717) is 25.7 Å². The zero-order valence-electron chi connectivity index (χ0n) is 14.8. The SMILES string of the molecule is CC.CC.CCOCCOc1ccc(N2CCNCC2)nn1. The van der Waals surface area contributed by atoms with Gasteiger partial charge in [-0.05, 0) is 13.0 Å². The van der Waals surface area contributed by atoms with E-state index in [1.807, 2.05) is 46.8 Å². The predicted molar refractivity (Wildman–Crippen MR) is 91.8 cm³/mol. The van der Waals surface area contributed by atoms with Crippen LogP contribution in [-0.4, -0.2) is 56.2 Å². The molecule has 0 atom stereocenters. The minimum absolute atomic E-state index is 0.509. The van der Waals surface area contributed by atoms with Crippen LogP contribution >= 0.6 is 0 Å². The van der Waals surface area contributed by atoms with Crippen molar-refractivity contribution < 1.29 is 9.47 Å². The van der Waals surface area contributed by atoms with Crippen molar-refractivity contribution in [3.63, 3.8) is 0 Å². The highest BCUT2D eigenvalue weighted by Crippen LogP contribution is 2.13. The first-order chi connectivity index (χ1) is 10.9. The summed E-state index contributed by atoms with van der Waals surface area (Å²) in [6.45, 7) is 15.7. The van der Waals surface area contributed by atoms with Gasteiger partial charge in [0, 0.05) is 38.9 Å². The van der Waals surface area contributed by atoms with Crippen molar-refractivity contribution in [2.24, 2.45) is 0 Å². The number of nitrogens with zero attached hydrogens (tertiary/aromatic N) is 3. The van der Waals surface area contributed by atoms with Gasteiger partial charge in [0.1, 0.15) is 6.61 Å². The van der Waals surface area contributed by atoms with Crippen LogP contribution in [0.25, 0.3) is 0 Å². The Kier molecular flexibility index (Phi) is 13.6. The molecule has 0 unspecified atom stereocenters. The van der Waals surface area contributed by atoms with Gasteiger partial charge in [-0.25, -0.2) is 0 Å². The molecule has 0 spiro atoms. The molecule has 2 heterocycles. The normalized spacial score (nSPS) is 13.4. The average molecular weight is 312 g/mol. The molecule has 0 bridgehead atoms. The standard InChI is InChI=1S/C12H20N4O2.2C2H6/c1-2-17-9-10-18-12-4-3-11(14-15-12)16-7-5-13-6-8-16;2*1-2/h3-4,13H,2,5-10H2,1H3;2*1-2H3. The Balaban J connectivity index is 0.00000102. The number of piperazine rings is 1. The fourth-order valence-corrected chi connectivity index (χ4v) is 1.80. The van der Waals surface area contributed by atoms with Gasteiger partial charge >= 0.3 is 0 Å². The first-order valence-corrected chi connectivity index (χ1v) is 8.40. The van der Waals surface area contributed by atoms with E-state index in [4.69, 9.17) is 9.47 Å². The molecule has 1 fully saturated rings. The summed E-state index contributed by atoms with van der Waals surface area (Å²) in [5.41, 5.74) is 0. The fraction of sp³-hybridized carbons (Fsp3) is 0.750. The van der Waals surface area contributed by atoms with Crippen molar-refractivity contribution >= 4 is 5.82 Å². The summed E-state index contributed by atoms with van der Waals surface area (Å²) in [4.78, 5) is 2.22. The van der Waals surface area contributed by atoms with Crippen LogP contribution < -0.4 is 15.0 Å². The molecule has 0 aliphatic carbocycles. The quantitative estimate of drug-likeness (QED) is 0.814. The van der Waals surface area contributed by atoms with E-state index in [0.717, 1.165) is 32.0 Å². The van der Waals surface area contributed by atoms with Gasteiger partial charge in [0.05, 0.1) is 6.61 Å². The Bertz CT molecular complexity index is 341. The summed E-state index contributed by atoms with van der Waals surface area (Å²) < 4.78 is 10.6. The third-order valence-corrected chi connectivity index (χ3v) is 2.75. The highest BCUT2D eigenvalue weighted by Gasteiger charge is 2.11. The van der Waals surface area contributed by atoms with Gasteiger partial charge < -0.3 is 19.7 Å². The van der Waals surface area contributed by atoms with E-state index in [1.165, 1.54) is 0 Å². The van der Waals surface area contributed by atoms with Gasteiger partial charge in [-0.3, -0.25) is 0 Å². The van der Waals surface area contributed by atoms with Crippen molar-refractivity contribution in [3.05, 3.63) is 12.1 Å². The van der Waals surface area contributed by atoms with E-state index in [9.17, 15) is 0 Å². The molecule has 1 N–H and O–H groups in total. The molecule has 0 radical (unpaired) electrons. The fourth-order valence-electron chi connectivity index (χ4n) is 1.80. The van der Waals surface area contributed by atoms with Gasteiger partial charge in [0.25, 0.3) is 0 Å². The van der Waals surface area contributed by atoms with Crippen LogP contribution in [-0.2, 0) is 4.74 Å². The maximum atomic E-state index is 5.42. The second-order valence-electron chi connectivity index (χ2n) is 4.01. The average Bonchev–Trinajstić information content (AvgIpc) is 2.63. The smallest absolute Gasteiger partial charge is 0.233 e. The highest BCUT2D eigenvalue weighted by atomic mass is 16.5. The molecular formula is C16H32N4O2. The number of anilines is 1. The molecule has 1 aliphatic heterocycles. The van der Waals surface area contributed by atoms with Gasteiger partial charge in [-0.1, -0.05) is 27.7 Å². The van der Waals surface area contributed by atoms with Crippen LogP contribution in [0, 0.1) is 0 Å². The monoisotopic (exact) mass is 312 g/mol. The summed E-state index contributed by atoms with van der Waals surface area (Å²) >= 11 is 0. The summed E-state index contributed by atoms with van der Waals surface area (Å²) in [5.74, 6) is 1.46. The Morgan fingerprint density at radius 3 is 2.27 bits per heavy atom. The molecule has 1 aromatic rings. The topological polar surface area (TPSA) is 59.5 Å².